The Bertz CT molecular complexity index is 268. The molecule has 0 aromatic carbocycles. The molecule has 94 valence electrons. The fourth-order valence-electron chi connectivity index (χ4n) is 1.64. The molecule has 1 aliphatic heterocycles. The van der Waals surface area contributed by atoms with E-state index in [2.05, 4.69) is 0 Å². The van der Waals surface area contributed by atoms with Gasteiger partial charge in [0.2, 0.25) is 0 Å². The highest BCUT2D eigenvalue weighted by Crippen LogP contribution is 2.27. The Morgan fingerprint density at radius 2 is 1.94 bits per heavy atom. The lowest BCUT2D eigenvalue weighted by Crippen LogP contribution is -2.40. The summed E-state index contributed by atoms with van der Waals surface area (Å²) in [5.41, 5.74) is 0. The molecule has 2 atom stereocenters. The van der Waals surface area contributed by atoms with Crippen LogP contribution >= 0.6 is 0 Å². The van der Waals surface area contributed by atoms with Crippen LogP contribution in [0.3, 0.4) is 0 Å². The highest BCUT2D eigenvalue weighted by molar-refractivity contribution is 5.82. The van der Waals surface area contributed by atoms with Crippen molar-refractivity contribution in [3.8, 4) is 0 Å². The molecule has 3 nitrogen and oxygen atoms in total. The van der Waals surface area contributed by atoms with Gasteiger partial charge in [-0.05, 0) is 6.42 Å². The van der Waals surface area contributed by atoms with Gasteiger partial charge in [-0.2, -0.15) is 13.2 Å². The second-order valence-electron chi connectivity index (χ2n) is 3.62. The topological polar surface area (TPSA) is 40.5 Å². The maximum Gasteiger partial charge on any atom is 0.471 e. The van der Waals surface area contributed by atoms with Gasteiger partial charge in [-0.1, -0.05) is 0 Å². The molecule has 1 N–H and O–H groups in total. The van der Waals surface area contributed by atoms with Crippen molar-refractivity contribution in [3.05, 3.63) is 0 Å². The molecule has 2 unspecified atom stereocenters. The lowest BCUT2D eigenvalue weighted by atomic mass is 10.0. The number of amides is 1. The summed E-state index contributed by atoms with van der Waals surface area (Å²) in [5.74, 6) is -3.04. The highest BCUT2D eigenvalue weighted by atomic mass is 19.4. The Hall–Kier alpha value is -0.920. The van der Waals surface area contributed by atoms with Gasteiger partial charge in [0.15, 0.2) is 0 Å². The van der Waals surface area contributed by atoms with Crippen molar-refractivity contribution in [1.29, 1.82) is 0 Å². The molecular formula is C8H10F5NO2. The minimum absolute atomic E-state index is 0.0483. The van der Waals surface area contributed by atoms with Crippen LogP contribution < -0.4 is 0 Å². The summed E-state index contributed by atoms with van der Waals surface area (Å²) in [4.78, 5) is 11.2. The van der Waals surface area contributed by atoms with Crippen LogP contribution in [0.15, 0.2) is 0 Å². The second-order valence-corrected chi connectivity index (χ2v) is 3.62. The summed E-state index contributed by atoms with van der Waals surface area (Å²) in [5, 5.41) is 8.96. The van der Waals surface area contributed by atoms with Gasteiger partial charge in [0.1, 0.15) is 6.10 Å². The zero-order chi connectivity index (χ0) is 12.5. The Kier molecular flexibility index (Phi) is 3.72. The maximum absolute atomic E-state index is 12.1. The Labute approximate surface area is 87.8 Å². The van der Waals surface area contributed by atoms with E-state index in [0.717, 1.165) is 0 Å². The number of carbonyl (C=O) groups is 1. The van der Waals surface area contributed by atoms with Gasteiger partial charge in [0.25, 0.3) is 6.43 Å². The summed E-state index contributed by atoms with van der Waals surface area (Å²) >= 11 is 0. The van der Waals surface area contributed by atoms with E-state index >= 15 is 0 Å². The monoisotopic (exact) mass is 247 g/mol. The van der Waals surface area contributed by atoms with Crippen molar-refractivity contribution in [2.45, 2.75) is 25.1 Å². The van der Waals surface area contributed by atoms with Crippen LogP contribution in [0.1, 0.15) is 6.42 Å². The molecule has 0 bridgehead atoms. The summed E-state index contributed by atoms with van der Waals surface area (Å²) in [6.45, 7) is -0.739. The third-order valence-electron chi connectivity index (χ3n) is 2.50. The zero-order valence-corrected chi connectivity index (χ0v) is 8.05. The van der Waals surface area contributed by atoms with Crippen LogP contribution in [-0.2, 0) is 4.79 Å². The Morgan fingerprint density at radius 1 is 1.38 bits per heavy atom. The number of nitrogens with zero attached hydrogens (tertiary/aromatic N) is 1. The Morgan fingerprint density at radius 3 is 2.38 bits per heavy atom. The van der Waals surface area contributed by atoms with E-state index in [-0.39, 0.29) is 13.0 Å². The second kappa shape index (κ2) is 4.52. The first-order chi connectivity index (χ1) is 7.23. The molecule has 8 heteroatoms. The standard InChI is InChI=1S/C8H10F5NO2/c9-6(10)5(15)4-1-2-14(3-4)7(16)8(11,12)13/h4-6,15H,1-3H2. The molecule has 0 aliphatic carbocycles. The van der Waals surface area contributed by atoms with Crippen molar-refractivity contribution in [3.63, 3.8) is 0 Å². The van der Waals surface area contributed by atoms with E-state index in [0.29, 0.717) is 4.90 Å². The molecule has 0 saturated carbocycles. The molecule has 1 fully saturated rings. The summed E-state index contributed by atoms with van der Waals surface area (Å²) in [7, 11) is 0. The maximum atomic E-state index is 12.1. The third-order valence-corrected chi connectivity index (χ3v) is 2.50. The molecule has 1 heterocycles. The lowest BCUT2D eigenvalue weighted by Gasteiger charge is -2.20. The average molecular weight is 247 g/mol. The first-order valence-corrected chi connectivity index (χ1v) is 4.55. The average Bonchev–Trinajstić information content (AvgIpc) is 2.62. The number of rotatable bonds is 2. The van der Waals surface area contributed by atoms with Crippen LogP contribution in [-0.4, -0.2) is 47.7 Å². The van der Waals surface area contributed by atoms with E-state index in [4.69, 9.17) is 5.11 Å². The lowest BCUT2D eigenvalue weighted by molar-refractivity contribution is -0.184. The van der Waals surface area contributed by atoms with E-state index in [1.165, 1.54) is 0 Å². The van der Waals surface area contributed by atoms with Gasteiger partial charge in [-0.3, -0.25) is 4.79 Å². The third kappa shape index (κ3) is 2.81. The van der Waals surface area contributed by atoms with Gasteiger partial charge in [-0.15, -0.1) is 0 Å². The minimum atomic E-state index is -5.00. The summed E-state index contributed by atoms with van der Waals surface area (Å²) in [6.07, 6.45) is -10.0. The van der Waals surface area contributed by atoms with Gasteiger partial charge < -0.3 is 10.0 Å². The van der Waals surface area contributed by atoms with Gasteiger partial charge >= 0.3 is 12.1 Å². The molecule has 1 saturated heterocycles. The molecule has 0 radical (unpaired) electrons. The van der Waals surface area contributed by atoms with Crippen LogP contribution in [0.4, 0.5) is 22.0 Å². The van der Waals surface area contributed by atoms with Crippen molar-refractivity contribution in [2.75, 3.05) is 13.1 Å². The minimum Gasteiger partial charge on any atom is -0.387 e. The smallest absolute Gasteiger partial charge is 0.387 e. The summed E-state index contributed by atoms with van der Waals surface area (Å²) < 4.78 is 60.1. The molecule has 1 amide bonds. The number of alkyl halides is 5. The van der Waals surface area contributed by atoms with Crippen molar-refractivity contribution in [2.24, 2.45) is 5.92 Å². The SMILES string of the molecule is O=C(N1CCC(C(O)C(F)F)C1)C(F)(F)F. The van der Waals surface area contributed by atoms with Crippen molar-refractivity contribution in [1.82, 2.24) is 4.90 Å². The predicted molar refractivity (Wildman–Crippen MR) is 42.8 cm³/mol. The van der Waals surface area contributed by atoms with E-state index < -0.39 is 37.1 Å². The largest absolute Gasteiger partial charge is 0.471 e. The quantitative estimate of drug-likeness (QED) is 0.740. The highest BCUT2D eigenvalue weighted by Gasteiger charge is 2.46. The van der Waals surface area contributed by atoms with Crippen molar-refractivity contribution < 1.29 is 31.9 Å². The van der Waals surface area contributed by atoms with E-state index in [1.807, 2.05) is 0 Å². The summed E-state index contributed by atoms with van der Waals surface area (Å²) in [6, 6.07) is 0. The Balaban J connectivity index is 2.56. The van der Waals surface area contributed by atoms with Gasteiger partial charge in [-0.25, -0.2) is 8.78 Å². The van der Waals surface area contributed by atoms with Crippen LogP contribution in [0.2, 0.25) is 0 Å². The number of aliphatic hydroxyl groups is 1. The molecule has 16 heavy (non-hydrogen) atoms. The molecule has 0 aromatic heterocycles. The fourth-order valence-corrected chi connectivity index (χ4v) is 1.64. The zero-order valence-electron chi connectivity index (χ0n) is 8.05. The number of halogens is 5. The number of hydrogen-bond donors (Lipinski definition) is 1. The first-order valence-electron chi connectivity index (χ1n) is 4.55. The fraction of sp³-hybridized carbons (Fsp3) is 0.875. The molecular weight excluding hydrogens is 237 g/mol. The predicted octanol–water partition coefficient (Wildman–Crippen LogP) is 1.02. The molecule has 1 aliphatic rings. The van der Waals surface area contributed by atoms with Crippen molar-refractivity contribution >= 4 is 5.91 Å². The van der Waals surface area contributed by atoms with Crippen LogP contribution in [0, 0.1) is 5.92 Å². The number of carbonyl (C=O) groups excluding carboxylic acids is 1. The first kappa shape index (κ1) is 13.1. The number of likely N-dealkylation sites (tertiary alicyclic amines) is 1. The number of aliphatic hydroxyl groups excluding tert-OH is 1. The van der Waals surface area contributed by atoms with Crippen LogP contribution in [0.5, 0.6) is 0 Å². The normalized spacial score (nSPS) is 23.9. The molecule has 0 spiro atoms. The molecule has 1 rings (SSSR count). The van der Waals surface area contributed by atoms with Crippen LogP contribution in [0.25, 0.3) is 0 Å². The van der Waals surface area contributed by atoms with Gasteiger partial charge in [0.05, 0.1) is 0 Å². The van der Waals surface area contributed by atoms with E-state index in [1.54, 1.807) is 0 Å². The number of hydrogen-bond acceptors (Lipinski definition) is 2. The van der Waals surface area contributed by atoms with Gasteiger partial charge in [0, 0.05) is 19.0 Å². The van der Waals surface area contributed by atoms with E-state index in [9.17, 15) is 26.7 Å². The molecule has 0 aromatic rings.